The minimum absolute atomic E-state index is 0.0909. The standard InChI is InChI=1S/C12H14Cl2N2O2S/c1-6(7-5-9(13)19-11(7)14)15-8-3-4-10(17)16(2)12(8)18/h5-6,8,15H,3-4H2,1-2H3. The number of likely N-dealkylation sites (N-methyl/N-ethyl adjacent to an activating group) is 1. The van der Waals surface area contributed by atoms with Crippen molar-refractivity contribution in [3.05, 3.63) is 20.3 Å². The number of carbonyl (C=O) groups is 2. The molecule has 1 saturated heterocycles. The highest BCUT2D eigenvalue weighted by Gasteiger charge is 2.32. The van der Waals surface area contributed by atoms with Crippen LogP contribution in [0, 0.1) is 0 Å². The van der Waals surface area contributed by atoms with Gasteiger partial charge in [-0.25, -0.2) is 0 Å². The highest BCUT2D eigenvalue weighted by Crippen LogP contribution is 2.35. The molecule has 0 radical (unpaired) electrons. The predicted octanol–water partition coefficient (Wildman–Crippen LogP) is 2.85. The third kappa shape index (κ3) is 3.11. The molecule has 4 nitrogen and oxygen atoms in total. The molecule has 0 aromatic carbocycles. The van der Waals surface area contributed by atoms with E-state index in [0.29, 0.717) is 21.5 Å². The Morgan fingerprint density at radius 3 is 2.74 bits per heavy atom. The predicted molar refractivity (Wildman–Crippen MR) is 76.7 cm³/mol. The summed E-state index contributed by atoms with van der Waals surface area (Å²) in [6, 6.07) is 1.35. The van der Waals surface area contributed by atoms with Gasteiger partial charge >= 0.3 is 0 Å². The van der Waals surface area contributed by atoms with Gasteiger partial charge in [0.25, 0.3) is 0 Å². The maximum absolute atomic E-state index is 12.0. The number of amides is 2. The summed E-state index contributed by atoms with van der Waals surface area (Å²) in [6.45, 7) is 1.92. The lowest BCUT2D eigenvalue weighted by Gasteiger charge is -2.30. The molecule has 2 unspecified atom stereocenters. The molecule has 0 bridgehead atoms. The maximum Gasteiger partial charge on any atom is 0.246 e. The summed E-state index contributed by atoms with van der Waals surface area (Å²) in [5, 5.41) is 3.21. The minimum atomic E-state index is -0.354. The first-order valence-electron chi connectivity index (χ1n) is 5.91. The van der Waals surface area contributed by atoms with Crippen molar-refractivity contribution in [1.82, 2.24) is 10.2 Å². The number of rotatable bonds is 3. The van der Waals surface area contributed by atoms with Gasteiger partial charge < -0.3 is 0 Å². The van der Waals surface area contributed by atoms with E-state index in [9.17, 15) is 9.59 Å². The number of hydrogen-bond donors (Lipinski definition) is 1. The summed E-state index contributed by atoms with van der Waals surface area (Å²) in [6.07, 6.45) is 0.895. The maximum atomic E-state index is 12.0. The van der Waals surface area contributed by atoms with E-state index in [4.69, 9.17) is 23.2 Å². The summed E-state index contributed by atoms with van der Waals surface area (Å²) in [5.74, 6) is -0.326. The van der Waals surface area contributed by atoms with Crippen LogP contribution in [-0.2, 0) is 9.59 Å². The molecule has 1 fully saturated rings. The first kappa shape index (κ1) is 14.8. The van der Waals surface area contributed by atoms with Crippen molar-refractivity contribution in [3.63, 3.8) is 0 Å². The number of thiophene rings is 1. The zero-order chi connectivity index (χ0) is 14.2. The molecule has 1 N–H and O–H groups in total. The number of hydrogen-bond acceptors (Lipinski definition) is 4. The molecule has 0 spiro atoms. The van der Waals surface area contributed by atoms with Crippen molar-refractivity contribution in [2.24, 2.45) is 0 Å². The van der Waals surface area contributed by atoms with E-state index in [1.165, 1.54) is 23.3 Å². The fourth-order valence-corrected chi connectivity index (χ4v) is 3.76. The molecule has 2 rings (SSSR count). The van der Waals surface area contributed by atoms with Gasteiger partial charge in [-0.3, -0.25) is 19.8 Å². The lowest BCUT2D eigenvalue weighted by molar-refractivity contribution is -0.148. The van der Waals surface area contributed by atoms with E-state index in [2.05, 4.69) is 5.32 Å². The van der Waals surface area contributed by atoms with Gasteiger partial charge in [0.05, 0.1) is 14.7 Å². The lowest BCUT2D eigenvalue weighted by atomic mass is 10.0. The smallest absolute Gasteiger partial charge is 0.246 e. The number of nitrogens with zero attached hydrogens (tertiary/aromatic N) is 1. The topological polar surface area (TPSA) is 49.4 Å². The van der Waals surface area contributed by atoms with Gasteiger partial charge in [-0.2, -0.15) is 0 Å². The van der Waals surface area contributed by atoms with Crippen LogP contribution >= 0.6 is 34.5 Å². The quantitative estimate of drug-likeness (QED) is 0.871. The van der Waals surface area contributed by atoms with Crippen LogP contribution in [0.5, 0.6) is 0 Å². The molecule has 2 amide bonds. The van der Waals surface area contributed by atoms with Crippen molar-refractivity contribution in [1.29, 1.82) is 0 Å². The summed E-state index contributed by atoms with van der Waals surface area (Å²) in [4.78, 5) is 24.6. The van der Waals surface area contributed by atoms with Crippen LogP contribution in [0.15, 0.2) is 6.07 Å². The summed E-state index contributed by atoms with van der Waals surface area (Å²) in [5.41, 5.74) is 0.879. The van der Waals surface area contributed by atoms with Crippen molar-refractivity contribution in [3.8, 4) is 0 Å². The molecule has 1 aromatic heterocycles. The van der Waals surface area contributed by atoms with E-state index >= 15 is 0 Å². The molecule has 2 atom stereocenters. The van der Waals surface area contributed by atoms with E-state index in [1.807, 2.05) is 6.92 Å². The van der Waals surface area contributed by atoms with Gasteiger partial charge in [0.2, 0.25) is 11.8 Å². The Labute approximate surface area is 125 Å². The number of halogens is 2. The van der Waals surface area contributed by atoms with Gasteiger partial charge in [0.1, 0.15) is 0 Å². The van der Waals surface area contributed by atoms with Crippen molar-refractivity contribution in [2.45, 2.75) is 31.8 Å². The molecular formula is C12H14Cl2N2O2S. The number of likely N-dealkylation sites (tertiary alicyclic amines) is 1. The Morgan fingerprint density at radius 1 is 1.47 bits per heavy atom. The second-order valence-electron chi connectivity index (χ2n) is 4.55. The third-order valence-corrected chi connectivity index (χ3v) is 4.77. The van der Waals surface area contributed by atoms with Crippen molar-refractivity contribution in [2.75, 3.05) is 7.05 Å². The largest absolute Gasteiger partial charge is 0.299 e. The molecular weight excluding hydrogens is 307 g/mol. The van der Waals surface area contributed by atoms with E-state index in [1.54, 1.807) is 6.07 Å². The summed E-state index contributed by atoms with van der Waals surface area (Å²) >= 11 is 13.3. The number of imide groups is 1. The van der Waals surface area contributed by atoms with Crippen LogP contribution in [-0.4, -0.2) is 29.8 Å². The van der Waals surface area contributed by atoms with Crippen molar-refractivity contribution >= 4 is 46.4 Å². The van der Waals surface area contributed by atoms with Gasteiger partial charge in [-0.15, -0.1) is 11.3 Å². The van der Waals surface area contributed by atoms with Crippen LogP contribution in [0.1, 0.15) is 31.4 Å². The van der Waals surface area contributed by atoms with Crippen LogP contribution in [0.2, 0.25) is 8.67 Å². The van der Waals surface area contributed by atoms with Gasteiger partial charge in [-0.1, -0.05) is 23.2 Å². The monoisotopic (exact) mass is 320 g/mol. The Kier molecular flexibility index (Phi) is 4.50. The Balaban J connectivity index is 2.07. The molecule has 1 aromatic rings. The van der Waals surface area contributed by atoms with Gasteiger partial charge in [0.15, 0.2) is 0 Å². The fraction of sp³-hybridized carbons (Fsp3) is 0.500. The van der Waals surface area contributed by atoms with Gasteiger partial charge in [-0.05, 0) is 25.0 Å². The average Bonchev–Trinajstić information content (AvgIpc) is 2.69. The van der Waals surface area contributed by atoms with Gasteiger partial charge in [0, 0.05) is 19.5 Å². The molecule has 0 aliphatic carbocycles. The van der Waals surface area contributed by atoms with E-state index in [-0.39, 0.29) is 23.9 Å². The summed E-state index contributed by atoms with van der Waals surface area (Å²) in [7, 11) is 1.51. The van der Waals surface area contributed by atoms with Crippen molar-refractivity contribution < 1.29 is 9.59 Å². The SMILES string of the molecule is CC(NC1CCC(=O)N(C)C1=O)c1cc(Cl)sc1Cl. The van der Waals surface area contributed by atoms with Crippen LogP contribution < -0.4 is 5.32 Å². The normalized spacial score (nSPS) is 21.9. The van der Waals surface area contributed by atoms with Crippen LogP contribution in [0.4, 0.5) is 0 Å². The molecule has 2 heterocycles. The fourth-order valence-electron chi connectivity index (χ4n) is 2.11. The second kappa shape index (κ2) is 5.79. The van der Waals surface area contributed by atoms with E-state index in [0.717, 1.165) is 5.56 Å². The number of nitrogens with one attached hydrogen (secondary N) is 1. The first-order chi connectivity index (χ1) is 8.90. The summed E-state index contributed by atoms with van der Waals surface area (Å²) < 4.78 is 1.24. The highest BCUT2D eigenvalue weighted by atomic mass is 35.5. The Morgan fingerprint density at radius 2 is 2.16 bits per heavy atom. The minimum Gasteiger partial charge on any atom is -0.299 e. The molecule has 104 valence electrons. The number of carbonyl (C=O) groups excluding carboxylic acids is 2. The molecule has 7 heteroatoms. The third-order valence-electron chi connectivity index (χ3n) is 3.25. The zero-order valence-corrected chi connectivity index (χ0v) is 12.9. The average molecular weight is 321 g/mol. The Bertz CT molecular complexity index is 518. The highest BCUT2D eigenvalue weighted by molar-refractivity contribution is 7.20. The molecule has 1 aliphatic rings. The zero-order valence-electron chi connectivity index (χ0n) is 10.6. The molecule has 1 aliphatic heterocycles. The van der Waals surface area contributed by atoms with Crippen LogP contribution in [0.3, 0.4) is 0 Å². The van der Waals surface area contributed by atoms with Crippen LogP contribution in [0.25, 0.3) is 0 Å². The first-order valence-corrected chi connectivity index (χ1v) is 7.48. The Hall–Kier alpha value is -0.620. The van der Waals surface area contributed by atoms with E-state index < -0.39 is 0 Å². The second-order valence-corrected chi connectivity index (χ2v) is 6.84. The molecule has 19 heavy (non-hydrogen) atoms. The lowest BCUT2D eigenvalue weighted by Crippen LogP contribution is -2.51. The number of piperidine rings is 1. The molecule has 0 saturated carbocycles.